The van der Waals surface area contributed by atoms with Crippen LogP contribution in [0.2, 0.25) is 0 Å². The van der Waals surface area contributed by atoms with E-state index in [0.717, 1.165) is 0 Å². The smallest absolute Gasteiger partial charge is 0.325 e. The molecule has 0 bridgehead atoms. The van der Waals surface area contributed by atoms with Crippen LogP contribution in [0.1, 0.15) is 15.9 Å². The minimum atomic E-state index is -0.580. The van der Waals surface area contributed by atoms with Gasteiger partial charge in [-0.2, -0.15) is 0 Å². The number of nitrogens with one attached hydrogen (secondary N) is 1. The van der Waals surface area contributed by atoms with Gasteiger partial charge in [-0.25, -0.2) is 4.39 Å². The number of rotatable bonds is 5. The molecule has 0 spiro atoms. The molecule has 2 rings (SSSR count). The molecule has 0 saturated carbocycles. The molecule has 2 aromatic rings. The van der Waals surface area contributed by atoms with Crippen LogP contribution in [0.15, 0.2) is 54.6 Å². The highest BCUT2D eigenvalue weighted by molar-refractivity contribution is 5.95. The Balaban J connectivity index is 1.76. The predicted molar refractivity (Wildman–Crippen MR) is 75.0 cm³/mol. The van der Waals surface area contributed by atoms with E-state index in [1.54, 1.807) is 36.4 Å². The van der Waals surface area contributed by atoms with E-state index in [0.29, 0.717) is 11.1 Å². The molecule has 0 fully saturated rings. The van der Waals surface area contributed by atoms with Crippen LogP contribution in [0.4, 0.5) is 4.39 Å². The summed E-state index contributed by atoms with van der Waals surface area (Å²) in [4.78, 5) is 23.2. The molecular formula is C16H14FNO3. The lowest BCUT2D eigenvalue weighted by Gasteiger charge is -2.06. The second-order valence-electron chi connectivity index (χ2n) is 4.34. The summed E-state index contributed by atoms with van der Waals surface area (Å²) >= 11 is 0. The highest BCUT2D eigenvalue weighted by Gasteiger charge is 2.08. The highest BCUT2D eigenvalue weighted by atomic mass is 19.1. The lowest BCUT2D eigenvalue weighted by molar-refractivity contribution is -0.143. The molecule has 0 atom stereocenters. The first-order valence-electron chi connectivity index (χ1n) is 6.38. The maximum absolute atomic E-state index is 12.9. The van der Waals surface area contributed by atoms with E-state index in [9.17, 15) is 14.0 Å². The van der Waals surface area contributed by atoms with Gasteiger partial charge < -0.3 is 10.1 Å². The third kappa shape index (κ3) is 4.72. The van der Waals surface area contributed by atoms with Crippen LogP contribution in [0.5, 0.6) is 0 Å². The zero-order valence-corrected chi connectivity index (χ0v) is 11.2. The Morgan fingerprint density at radius 3 is 2.52 bits per heavy atom. The topological polar surface area (TPSA) is 55.4 Å². The summed E-state index contributed by atoms with van der Waals surface area (Å²) in [7, 11) is 0. The van der Waals surface area contributed by atoms with E-state index < -0.39 is 5.97 Å². The van der Waals surface area contributed by atoms with Gasteiger partial charge in [0.1, 0.15) is 19.0 Å². The summed E-state index contributed by atoms with van der Waals surface area (Å²) in [6, 6.07) is 14.3. The predicted octanol–water partition coefficient (Wildman–Crippen LogP) is 2.30. The van der Waals surface area contributed by atoms with Crippen LogP contribution >= 0.6 is 0 Å². The van der Waals surface area contributed by atoms with Gasteiger partial charge in [-0.3, -0.25) is 9.59 Å². The first kappa shape index (κ1) is 14.7. The summed E-state index contributed by atoms with van der Waals surface area (Å²) in [6.45, 7) is -0.263. The quantitative estimate of drug-likeness (QED) is 0.858. The zero-order chi connectivity index (χ0) is 15.1. The third-order valence-corrected chi connectivity index (χ3v) is 2.72. The number of hydrogen-bond donors (Lipinski definition) is 1. The SMILES string of the molecule is O=C(CNC(=O)c1ccccc1)OCc1cccc(F)c1. The Kier molecular flexibility index (Phi) is 5.04. The Hall–Kier alpha value is -2.69. The number of amides is 1. The van der Waals surface area contributed by atoms with E-state index >= 15 is 0 Å². The summed E-state index contributed by atoms with van der Waals surface area (Å²) in [5.41, 5.74) is 1.02. The lowest BCUT2D eigenvalue weighted by Crippen LogP contribution is -2.30. The standard InChI is InChI=1S/C16H14FNO3/c17-14-8-4-5-12(9-14)11-21-15(19)10-18-16(20)13-6-2-1-3-7-13/h1-9H,10-11H2,(H,18,20). The Morgan fingerprint density at radius 2 is 1.81 bits per heavy atom. The Bertz CT molecular complexity index is 628. The molecule has 5 heteroatoms. The van der Waals surface area contributed by atoms with Crippen molar-refractivity contribution in [1.29, 1.82) is 0 Å². The van der Waals surface area contributed by atoms with Gasteiger partial charge in [-0.1, -0.05) is 30.3 Å². The molecule has 4 nitrogen and oxygen atoms in total. The van der Waals surface area contributed by atoms with E-state index in [4.69, 9.17) is 4.74 Å². The molecule has 1 N–H and O–H groups in total. The fourth-order valence-corrected chi connectivity index (χ4v) is 1.69. The molecule has 0 aliphatic heterocycles. The number of ether oxygens (including phenoxy) is 1. The second-order valence-corrected chi connectivity index (χ2v) is 4.34. The van der Waals surface area contributed by atoms with Crippen molar-refractivity contribution in [3.05, 3.63) is 71.5 Å². The summed E-state index contributed by atoms with van der Waals surface area (Å²) in [5.74, 6) is -1.32. The third-order valence-electron chi connectivity index (χ3n) is 2.72. The number of carbonyl (C=O) groups excluding carboxylic acids is 2. The van der Waals surface area contributed by atoms with Crippen molar-refractivity contribution in [2.24, 2.45) is 0 Å². The first-order valence-corrected chi connectivity index (χ1v) is 6.38. The minimum absolute atomic E-state index is 0.0300. The summed E-state index contributed by atoms with van der Waals surface area (Å²) in [5, 5.41) is 2.46. The molecule has 0 heterocycles. The van der Waals surface area contributed by atoms with Crippen molar-refractivity contribution in [3.8, 4) is 0 Å². The van der Waals surface area contributed by atoms with Crippen molar-refractivity contribution in [3.63, 3.8) is 0 Å². The van der Waals surface area contributed by atoms with Gasteiger partial charge in [-0.15, -0.1) is 0 Å². The summed E-state index contributed by atoms with van der Waals surface area (Å²) in [6.07, 6.45) is 0. The van der Waals surface area contributed by atoms with Gasteiger partial charge in [0.25, 0.3) is 5.91 Å². The van der Waals surface area contributed by atoms with Crippen LogP contribution in [0.3, 0.4) is 0 Å². The van der Waals surface area contributed by atoms with Gasteiger partial charge in [0.05, 0.1) is 0 Å². The van der Waals surface area contributed by atoms with E-state index in [1.807, 2.05) is 0 Å². The van der Waals surface area contributed by atoms with Crippen molar-refractivity contribution < 1.29 is 18.7 Å². The largest absolute Gasteiger partial charge is 0.460 e. The first-order chi connectivity index (χ1) is 10.1. The Labute approximate surface area is 121 Å². The van der Waals surface area contributed by atoms with Crippen molar-refractivity contribution in [2.75, 3.05) is 6.54 Å². The van der Waals surface area contributed by atoms with E-state index in [1.165, 1.54) is 18.2 Å². The molecule has 1 amide bonds. The molecule has 0 unspecified atom stereocenters. The zero-order valence-electron chi connectivity index (χ0n) is 11.2. The molecule has 0 aromatic heterocycles. The number of carbonyl (C=O) groups is 2. The molecule has 2 aromatic carbocycles. The van der Waals surface area contributed by atoms with Crippen LogP contribution < -0.4 is 5.32 Å². The van der Waals surface area contributed by atoms with Crippen LogP contribution in [0, 0.1) is 5.82 Å². The Morgan fingerprint density at radius 1 is 1.05 bits per heavy atom. The van der Waals surface area contributed by atoms with Gasteiger partial charge in [-0.05, 0) is 29.8 Å². The van der Waals surface area contributed by atoms with Crippen LogP contribution in [-0.2, 0) is 16.1 Å². The van der Waals surface area contributed by atoms with Gasteiger partial charge >= 0.3 is 5.97 Å². The fourth-order valence-electron chi connectivity index (χ4n) is 1.69. The molecule has 0 radical (unpaired) electrons. The van der Waals surface area contributed by atoms with Gasteiger partial charge in [0, 0.05) is 5.56 Å². The van der Waals surface area contributed by atoms with Crippen molar-refractivity contribution in [1.82, 2.24) is 5.32 Å². The second kappa shape index (κ2) is 7.19. The normalized spacial score (nSPS) is 9.95. The molecular weight excluding hydrogens is 273 g/mol. The average molecular weight is 287 g/mol. The summed E-state index contributed by atoms with van der Waals surface area (Å²) < 4.78 is 17.9. The fraction of sp³-hybridized carbons (Fsp3) is 0.125. The van der Waals surface area contributed by atoms with Crippen LogP contribution in [-0.4, -0.2) is 18.4 Å². The van der Waals surface area contributed by atoms with E-state index in [-0.39, 0.29) is 24.9 Å². The monoisotopic (exact) mass is 287 g/mol. The van der Waals surface area contributed by atoms with E-state index in [2.05, 4.69) is 5.32 Å². The maximum Gasteiger partial charge on any atom is 0.325 e. The molecule has 0 saturated heterocycles. The number of benzene rings is 2. The number of halogens is 1. The van der Waals surface area contributed by atoms with Gasteiger partial charge in [0.2, 0.25) is 0 Å². The molecule has 0 aliphatic rings. The highest BCUT2D eigenvalue weighted by Crippen LogP contribution is 2.05. The molecule has 108 valence electrons. The minimum Gasteiger partial charge on any atom is -0.460 e. The number of hydrogen-bond acceptors (Lipinski definition) is 3. The number of esters is 1. The maximum atomic E-state index is 12.9. The molecule has 0 aliphatic carbocycles. The van der Waals surface area contributed by atoms with Crippen molar-refractivity contribution in [2.45, 2.75) is 6.61 Å². The van der Waals surface area contributed by atoms with Crippen molar-refractivity contribution >= 4 is 11.9 Å². The average Bonchev–Trinajstić information content (AvgIpc) is 2.51. The lowest BCUT2D eigenvalue weighted by atomic mass is 10.2. The molecule has 21 heavy (non-hydrogen) atoms. The van der Waals surface area contributed by atoms with Crippen LogP contribution in [0.25, 0.3) is 0 Å². The van der Waals surface area contributed by atoms with Gasteiger partial charge in [0.15, 0.2) is 0 Å².